The van der Waals surface area contributed by atoms with Gasteiger partial charge in [0.2, 0.25) is 0 Å². The second-order valence-electron chi connectivity index (χ2n) is 13.0. The zero-order chi connectivity index (χ0) is 23.8. The molecule has 1 aliphatic rings. The standard InChI is InChI=1S/C30H44Te/c1-27(2,3)23-16-21(17-24(20-23)28(4,5)6)14-13-15-22-18-25(29(7,8)9)31-26(19-22)30(10,11)12/h13-20H,1-12H3. The van der Waals surface area contributed by atoms with Crippen LogP contribution in [-0.4, -0.2) is 20.9 Å². The fraction of sp³-hybridized carbons (Fsp3) is 0.533. The number of hydrogen-bond acceptors (Lipinski definition) is 0. The maximum atomic E-state index is 2.45. The zero-order valence-electron chi connectivity index (χ0n) is 22.0. The molecule has 0 radical (unpaired) electrons. The van der Waals surface area contributed by atoms with Crippen molar-refractivity contribution in [3.05, 3.63) is 72.0 Å². The van der Waals surface area contributed by atoms with Gasteiger partial charge in [0, 0.05) is 0 Å². The van der Waals surface area contributed by atoms with Crippen LogP contribution in [0.4, 0.5) is 0 Å². The average Bonchev–Trinajstić information content (AvgIpc) is 2.58. The van der Waals surface area contributed by atoms with E-state index in [9.17, 15) is 0 Å². The Labute approximate surface area is 203 Å². The molecule has 0 aliphatic carbocycles. The van der Waals surface area contributed by atoms with Crippen molar-refractivity contribution in [1.82, 2.24) is 0 Å². The molecule has 0 unspecified atom stereocenters. The fourth-order valence-corrected chi connectivity index (χ4v) is 6.78. The molecular weight excluding hydrogens is 488 g/mol. The van der Waals surface area contributed by atoms with E-state index in [2.05, 4.69) is 132 Å². The van der Waals surface area contributed by atoms with Gasteiger partial charge in [-0.3, -0.25) is 0 Å². The first-order chi connectivity index (χ1) is 13.9. The fourth-order valence-electron chi connectivity index (χ4n) is 3.24. The van der Waals surface area contributed by atoms with E-state index >= 15 is 0 Å². The van der Waals surface area contributed by atoms with Crippen LogP contribution < -0.4 is 0 Å². The van der Waals surface area contributed by atoms with Crippen molar-refractivity contribution in [2.45, 2.75) is 93.9 Å². The summed E-state index contributed by atoms with van der Waals surface area (Å²) in [6.07, 6.45) is 11.7. The van der Waals surface area contributed by atoms with Gasteiger partial charge < -0.3 is 0 Å². The van der Waals surface area contributed by atoms with Gasteiger partial charge >= 0.3 is 204 Å². The van der Waals surface area contributed by atoms with E-state index in [-0.39, 0.29) is 42.6 Å². The van der Waals surface area contributed by atoms with Crippen LogP contribution in [0.25, 0.3) is 6.08 Å². The molecule has 0 amide bonds. The predicted octanol–water partition coefficient (Wildman–Crippen LogP) is 8.80. The molecular formula is C30H44Te. The van der Waals surface area contributed by atoms with Crippen molar-refractivity contribution >= 4 is 27.0 Å². The van der Waals surface area contributed by atoms with E-state index < -0.39 is 0 Å². The Morgan fingerprint density at radius 3 is 1.35 bits per heavy atom. The van der Waals surface area contributed by atoms with Gasteiger partial charge in [-0.05, 0) is 0 Å². The minimum atomic E-state index is -0.270. The Bertz CT molecular complexity index is 856. The van der Waals surface area contributed by atoms with Crippen LogP contribution >= 0.6 is 0 Å². The van der Waals surface area contributed by atoms with Gasteiger partial charge in [-0.25, -0.2) is 0 Å². The molecule has 0 bridgehead atoms. The molecule has 0 spiro atoms. The van der Waals surface area contributed by atoms with E-state index in [1.54, 1.807) is 7.24 Å². The molecule has 31 heavy (non-hydrogen) atoms. The third-order valence-corrected chi connectivity index (χ3v) is 11.0. The number of benzene rings is 1. The second kappa shape index (κ2) is 9.08. The molecule has 0 atom stereocenters. The van der Waals surface area contributed by atoms with Crippen molar-refractivity contribution < 1.29 is 0 Å². The molecule has 1 aromatic rings. The molecule has 1 aliphatic heterocycles. The van der Waals surface area contributed by atoms with Crippen molar-refractivity contribution in [1.29, 1.82) is 0 Å². The molecule has 1 aromatic carbocycles. The van der Waals surface area contributed by atoms with Crippen LogP contribution in [0.15, 0.2) is 55.3 Å². The van der Waals surface area contributed by atoms with Gasteiger partial charge in [-0.1, -0.05) is 0 Å². The van der Waals surface area contributed by atoms with Gasteiger partial charge in [0.15, 0.2) is 0 Å². The number of hydrogen-bond donors (Lipinski definition) is 0. The third-order valence-electron chi connectivity index (χ3n) is 5.56. The van der Waals surface area contributed by atoms with Crippen LogP contribution in [-0.2, 0) is 10.8 Å². The summed E-state index contributed by atoms with van der Waals surface area (Å²) >= 11 is -0.270. The summed E-state index contributed by atoms with van der Waals surface area (Å²) in [6, 6.07) is 7.09. The van der Waals surface area contributed by atoms with Crippen LogP contribution in [0.3, 0.4) is 0 Å². The first kappa shape index (κ1) is 26.2. The van der Waals surface area contributed by atoms with Gasteiger partial charge in [-0.15, -0.1) is 0 Å². The summed E-state index contributed by atoms with van der Waals surface area (Å²) in [4.78, 5) is 0. The van der Waals surface area contributed by atoms with Gasteiger partial charge in [0.1, 0.15) is 0 Å². The van der Waals surface area contributed by atoms with Gasteiger partial charge in [0.25, 0.3) is 0 Å². The molecule has 0 N–H and O–H groups in total. The maximum absolute atomic E-state index is 2.45. The predicted molar refractivity (Wildman–Crippen MR) is 142 cm³/mol. The van der Waals surface area contributed by atoms with E-state index in [4.69, 9.17) is 0 Å². The summed E-state index contributed by atoms with van der Waals surface area (Å²) < 4.78 is 3.30. The Balaban J connectivity index is 2.47. The summed E-state index contributed by atoms with van der Waals surface area (Å²) in [5, 5.41) is 0. The first-order valence-electron chi connectivity index (χ1n) is 11.5. The summed E-state index contributed by atoms with van der Waals surface area (Å²) in [5.74, 6) is 0. The van der Waals surface area contributed by atoms with Crippen LogP contribution in [0.1, 0.15) is 99.8 Å². The SMILES string of the molecule is CC(C)(C)C1=CC(=CC=Cc2cc(C(C)(C)C)cc(C(C)(C)C)c2)C=C(C(C)(C)C)[Te]1. The molecule has 1 heterocycles. The molecule has 0 fully saturated rings. The van der Waals surface area contributed by atoms with Gasteiger partial charge in [-0.2, -0.15) is 0 Å². The Hall–Kier alpha value is -1.03. The average molecular weight is 532 g/mol. The van der Waals surface area contributed by atoms with Crippen LogP contribution in [0.2, 0.25) is 0 Å². The summed E-state index contributed by atoms with van der Waals surface area (Å²) in [6.45, 7) is 27.9. The Morgan fingerprint density at radius 2 is 1.00 bits per heavy atom. The Kier molecular flexibility index (Phi) is 7.68. The van der Waals surface area contributed by atoms with Crippen molar-refractivity contribution in [2.75, 3.05) is 0 Å². The summed E-state index contributed by atoms with van der Waals surface area (Å²) in [5.41, 5.74) is 6.22. The van der Waals surface area contributed by atoms with E-state index in [0.29, 0.717) is 0 Å². The van der Waals surface area contributed by atoms with Crippen molar-refractivity contribution in [3.63, 3.8) is 0 Å². The van der Waals surface area contributed by atoms with Crippen molar-refractivity contribution in [3.8, 4) is 0 Å². The molecule has 170 valence electrons. The topological polar surface area (TPSA) is 0 Å². The van der Waals surface area contributed by atoms with Gasteiger partial charge in [0.05, 0.1) is 0 Å². The van der Waals surface area contributed by atoms with E-state index in [1.165, 1.54) is 22.3 Å². The van der Waals surface area contributed by atoms with Crippen molar-refractivity contribution in [2.24, 2.45) is 10.8 Å². The Morgan fingerprint density at radius 1 is 0.581 bits per heavy atom. The summed E-state index contributed by atoms with van der Waals surface area (Å²) in [7, 11) is 0. The molecule has 0 nitrogen and oxygen atoms in total. The number of rotatable bonds is 2. The zero-order valence-corrected chi connectivity index (χ0v) is 24.4. The number of allylic oxidation sites excluding steroid dienone is 7. The minimum absolute atomic E-state index is 0.144. The normalized spacial score (nSPS) is 16.5. The monoisotopic (exact) mass is 534 g/mol. The molecule has 2 rings (SSSR count). The first-order valence-corrected chi connectivity index (χ1v) is 13.9. The third kappa shape index (κ3) is 7.51. The van der Waals surface area contributed by atoms with Crippen LogP contribution in [0, 0.1) is 10.8 Å². The molecule has 1 heteroatoms. The van der Waals surface area contributed by atoms with Crippen LogP contribution in [0.5, 0.6) is 0 Å². The second-order valence-corrected chi connectivity index (χ2v) is 16.1. The molecule has 0 aromatic heterocycles. The molecule has 0 saturated carbocycles. The van der Waals surface area contributed by atoms with E-state index in [0.717, 1.165) is 0 Å². The molecule has 0 saturated heterocycles. The quantitative estimate of drug-likeness (QED) is 0.334. The van der Waals surface area contributed by atoms with E-state index in [1.807, 2.05) is 0 Å².